The molecular formula is C19H26N4O2. The summed E-state index contributed by atoms with van der Waals surface area (Å²) in [5.41, 5.74) is 1.23. The first-order valence-corrected chi connectivity index (χ1v) is 8.81. The summed E-state index contributed by atoms with van der Waals surface area (Å²) in [4.78, 5) is 8.91. The van der Waals surface area contributed by atoms with E-state index in [-0.39, 0.29) is 0 Å². The fourth-order valence-electron chi connectivity index (χ4n) is 2.94. The average Bonchev–Trinajstić information content (AvgIpc) is 3.13. The number of hydrogen-bond acceptors (Lipinski definition) is 6. The Hall–Kier alpha value is -2.34. The first-order valence-electron chi connectivity index (χ1n) is 8.81. The smallest absolute Gasteiger partial charge is 0.131 e. The van der Waals surface area contributed by atoms with Gasteiger partial charge in [0, 0.05) is 25.8 Å². The Morgan fingerprint density at radius 1 is 1.20 bits per heavy atom. The van der Waals surface area contributed by atoms with Crippen molar-refractivity contribution in [2.75, 3.05) is 37.4 Å². The summed E-state index contributed by atoms with van der Waals surface area (Å²) in [6.45, 7) is 4.37. The van der Waals surface area contributed by atoms with Crippen molar-refractivity contribution in [1.29, 1.82) is 0 Å². The second-order valence-corrected chi connectivity index (χ2v) is 6.23. The van der Waals surface area contributed by atoms with E-state index in [9.17, 15) is 0 Å². The molecule has 6 heteroatoms. The fraction of sp³-hybridized carbons (Fsp3) is 0.474. The molecule has 134 valence electrons. The summed E-state index contributed by atoms with van der Waals surface area (Å²) in [5, 5.41) is 6.73. The lowest BCUT2D eigenvalue weighted by Crippen LogP contribution is -2.19. The van der Waals surface area contributed by atoms with Crippen LogP contribution >= 0.6 is 0 Å². The van der Waals surface area contributed by atoms with Gasteiger partial charge >= 0.3 is 0 Å². The molecule has 1 saturated heterocycles. The molecule has 1 fully saturated rings. The van der Waals surface area contributed by atoms with Gasteiger partial charge in [-0.3, -0.25) is 0 Å². The minimum Gasteiger partial charge on any atom is -0.497 e. The lowest BCUT2D eigenvalue weighted by Gasteiger charge is -2.13. The largest absolute Gasteiger partial charge is 0.497 e. The molecule has 1 aliphatic heterocycles. The molecule has 3 rings (SSSR count). The molecule has 2 N–H and O–H groups in total. The van der Waals surface area contributed by atoms with Gasteiger partial charge in [-0.1, -0.05) is 12.1 Å². The summed E-state index contributed by atoms with van der Waals surface area (Å²) in [6, 6.07) is 10.1. The summed E-state index contributed by atoms with van der Waals surface area (Å²) in [7, 11) is 1.69. The van der Waals surface area contributed by atoms with Crippen molar-refractivity contribution in [2.45, 2.75) is 32.3 Å². The minimum absolute atomic E-state index is 0.291. The van der Waals surface area contributed by atoms with Gasteiger partial charge in [-0.05, 0) is 43.9 Å². The molecule has 2 heterocycles. The van der Waals surface area contributed by atoms with Crippen LogP contribution in [0.4, 0.5) is 11.6 Å². The SMILES string of the molecule is COc1cccc(CCNc2cc(NCC3CCCO3)nc(C)n2)c1. The Labute approximate surface area is 149 Å². The van der Waals surface area contributed by atoms with Crippen LogP contribution in [0.25, 0.3) is 0 Å². The van der Waals surface area contributed by atoms with Crippen molar-refractivity contribution in [3.8, 4) is 5.75 Å². The number of nitrogens with zero attached hydrogens (tertiary/aromatic N) is 2. The number of nitrogens with one attached hydrogen (secondary N) is 2. The van der Waals surface area contributed by atoms with Crippen molar-refractivity contribution in [2.24, 2.45) is 0 Å². The van der Waals surface area contributed by atoms with Gasteiger partial charge in [-0.15, -0.1) is 0 Å². The van der Waals surface area contributed by atoms with Crippen LogP contribution in [0, 0.1) is 6.92 Å². The van der Waals surface area contributed by atoms with Gasteiger partial charge in [0.25, 0.3) is 0 Å². The van der Waals surface area contributed by atoms with Gasteiger partial charge in [0.15, 0.2) is 0 Å². The monoisotopic (exact) mass is 342 g/mol. The van der Waals surface area contributed by atoms with E-state index in [0.29, 0.717) is 6.10 Å². The normalized spacial score (nSPS) is 16.6. The maximum absolute atomic E-state index is 5.64. The van der Waals surface area contributed by atoms with Gasteiger partial charge in [0.1, 0.15) is 23.2 Å². The first-order chi connectivity index (χ1) is 12.2. The highest BCUT2D eigenvalue weighted by molar-refractivity contribution is 5.47. The van der Waals surface area contributed by atoms with Crippen LogP contribution in [-0.4, -0.2) is 42.9 Å². The van der Waals surface area contributed by atoms with E-state index < -0.39 is 0 Å². The number of aromatic nitrogens is 2. The van der Waals surface area contributed by atoms with Crippen LogP contribution in [0.15, 0.2) is 30.3 Å². The minimum atomic E-state index is 0.291. The number of rotatable bonds is 8. The quantitative estimate of drug-likeness (QED) is 0.768. The third kappa shape index (κ3) is 5.32. The summed E-state index contributed by atoms with van der Waals surface area (Å²) >= 11 is 0. The lowest BCUT2D eigenvalue weighted by atomic mass is 10.1. The van der Waals surface area contributed by atoms with E-state index in [1.807, 2.05) is 25.1 Å². The number of aryl methyl sites for hydroxylation is 1. The van der Waals surface area contributed by atoms with E-state index in [1.165, 1.54) is 5.56 Å². The van der Waals surface area contributed by atoms with Crippen LogP contribution in [0.1, 0.15) is 24.2 Å². The van der Waals surface area contributed by atoms with Crippen molar-refractivity contribution in [1.82, 2.24) is 9.97 Å². The van der Waals surface area contributed by atoms with Crippen LogP contribution < -0.4 is 15.4 Å². The Kier molecular flexibility index (Phi) is 6.06. The van der Waals surface area contributed by atoms with Gasteiger partial charge in [-0.2, -0.15) is 0 Å². The Morgan fingerprint density at radius 3 is 2.80 bits per heavy atom. The number of anilines is 2. The number of ether oxygens (including phenoxy) is 2. The molecule has 0 bridgehead atoms. The summed E-state index contributed by atoms with van der Waals surface area (Å²) in [6.07, 6.45) is 3.45. The van der Waals surface area contributed by atoms with Crippen molar-refractivity contribution >= 4 is 11.6 Å². The molecule has 0 radical (unpaired) electrons. The van der Waals surface area contributed by atoms with E-state index in [0.717, 1.165) is 62.2 Å². The van der Waals surface area contributed by atoms with E-state index in [2.05, 4.69) is 32.7 Å². The second-order valence-electron chi connectivity index (χ2n) is 6.23. The second kappa shape index (κ2) is 8.67. The Balaban J connectivity index is 1.52. The molecule has 6 nitrogen and oxygen atoms in total. The molecule has 1 aliphatic rings. The highest BCUT2D eigenvalue weighted by Crippen LogP contribution is 2.16. The van der Waals surface area contributed by atoms with E-state index in [1.54, 1.807) is 7.11 Å². The summed E-state index contributed by atoms with van der Waals surface area (Å²) in [5.74, 6) is 3.31. The molecule has 1 aromatic carbocycles. The molecule has 25 heavy (non-hydrogen) atoms. The van der Waals surface area contributed by atoms with E-state index >= 15 is 0 Å². The zero-order valence-electron chi connectivity index (χ0n) is 14.9. The molecule has 1 aromatic heterocycles. The third-order valence-electron chi connectivity index (χ3n) is 4.23. The van der Waals surface area contributed by atoms with Crippen molar-refractivity contribution < 1.29 is 9.47 Å². The number of hydrogen-bond donors (Lipinski definition) is 2. The predicted molar refractivity (Wildman–Crippen MR) is 99.4 cm³/mol. The number of methoxy groups -OCH3 is 1. The van der Waals surface area contributed by atoms with Crippen LogP contribution in [0.3, 0.4) is 0 Å². The van der Waals surface area contributed by atoms with Crippen molar-refractivity contribution in [3.63, 3.8) is 0 Å². The maximum atomic E-state index is 5.64. The Morgan fingerprint density at radius 2 is 2.04 bits per heavy atom. The summed E-state index contributed by atoms with van der Waals surface area (Å²) < 4.78 is 10.9. The third-order valence-corrected chi connectivity index (χ3v) is 4.23. The lowest BCUT2D eigenvalue weighted by molar-refractivity contribution is 0.120. The molecule has 1 atom stereocenters. The average molecular weight is 342 g/mol. The van der Waals surface area contributed by atoms with E-state index in [4.69, 9.17) is 9.47 Å². The van der Waals surface area contributed by atoms with Crippen LogP contribution in [-0.2, 0) is 11.2 Å². The van der Waals surface area contributed by atoms with Gasteiger partial charge in [0.05, 0.1) is 13.2 Å². The molecule has 0 aliphatic carbocycles. The maximum Gasteiger partial charge on any atom is 0.131 e. The zero-order valence-corrected chi connectivity index (χ0v) is 14.9. The zero-order chi connectivity index (χ0) is 17.5. The highest BCUT2D eigenvalue weighted by atomic mass is 16.5. The van der Waals surface area contributed by atoms with Gasteiger partial charge in [0.2, 0.25) is 0 Å². The topological polar surface area (TPSA) is 68.3 Å². The van der Waals surface area contributed by atoms with Crippen molar-refractivity contribution in [3.05, 3.63) is 41.7 Å². The predicted octanol–water partition coefficient (Wildman–Crippen LogP) is 3.04. The van der Waals surface area contributed by atoms with Crippen LogP contribution in [0.2, 0.25) is 0 Å². The standard InChI is InChI=1S/C19H26N4O2/c1-14-22-18(12-19(23-14)21-13-17-7-4-10-25-17)20-9-8-15-5-3-6-16(11-15)24-2/h3,5-6,11-12,17H,4,7-10,13H2,1-2H3,(H2,20,21,22,23). The van der Waals surface area contributed by atoms with Crippen LogP contribution in [0.5, 0.6) is 5.75 Å². The molecule has 0 amide bonds. The van der Waals surface area contributed by atoms with Gasteiger partial charge in [-0.25, -0.2) is 9.97 Å². The molecule has 0 spiro atoms. The Bertz CT molecular complexity index is 687. The molecule has 0 saturated carbocycles. The fourth-order valence-corrected chi connectivity index (χ4v) is 2.94. The molecule has 2 aromatic rings. The first kappa shape index (κ1) is 17.5. The highest BCUT2D eigenvalue weighted by Gasteiger charge is 2.15. The molecular weight excluding hydrogens is 316 g/mol. The molecule has 1 unspecified atom stereocenters. The number of benzene rings is 1. The van der Waals surface area contributed by atoms with Gasteiger partial charge < -0.3 is 20.1 Å².